The summed E-state index contributed by atoms with van der Waals surface area (Å²) in [4.78, 5) is 12.5. The lowest BCUT2D eigenvalue weighted by Gasteiger charge is -2.13. The lowest BCUT2D eigenvalue weighted by molar-refractivity contribution is 0.144. The summed E-state index contributed by atoms with van der Waals surface area (Å²) in [6, 6.07) is 3.85. The molecule has 0 saturated carbocycles. The van der Waals surface area contributed by atoms with Crippen molar-refractivity contribution in [2.75, 3.05) is 31.4 Å². The number of nitrogens with one attached hydrogen (secondary N) is 1. The normalized spacial score (nSPS) is 10.4. The fourth-order valence-corrected chi connectivity index (χ4v) is 1.71. The van der Waals surface area contributed by atoms with Crippen LogP contribution < -0.4 is 15.8 Å². The number of hydrogen-bond donors (Lipinski definition) is 2. The third-order valence-electron chi connectivity index (χ3n) is 2.76. The Labute approximate surface area is 123 Å². The van der Waals surface area contributed by atoms with Gasteiger partial charge in [0.2, 0.25) is 5.88 Å². The number of methoxy groups -OCH3 is 1. The van der Waals surface area contributed by atoms with Gasteiger partial charge in [0.15, 0.2) is 5.82 Å². The second kappa shape index (κ2) is 7.39. The molecule has 3 N–H and O–H groups in total. The minimum Gasteiger partial charge on any atom is -0.474 e. The molecule has 0 aromatic carbocycles. The molecule has 2 heterocycles. The van der Waals surface area contributed by atoms with Crippen LogP contribution in [0.3, 0.4) is 0 Å². The molecular weight excluding hydrogens is 270 g/mol. The number of nitrogen functional groups attached to an aromatic ring is 1. The number of rotatable bonds is 7. The molecular formula is C14H19N5O2. The van der Waals surface area contributed by atoms with Crippen LogP contribution in [0.15, 0.2) is 24.5 Å². The number of nitrogens with zero attached hydrogens (tertiary/aromatic N) is 3. The number of hydrogen-bond acceptors (Lipinski definition) is 7. The van der Waals surface area contributed by atoms with Gasteiger partial charge in [0.25, 0.3) is 0 Å². The first-order chi connectivity index (χ1) is 10.2. The predicted octanol–water partition coefficient (Wildman–Crippen LogP) is 1.40. The Hall–Kier alpha value is -2.41. The Morgan fingerprint density at radius 1 is 1.19 bits per heavy atom. The summed E-state index contributed by atoms with van der Waals surface area (Å²) in [7, 11) is 1.61. The highest BCUT2D eigenvalue weighted by atomic mass is 16.5. The van der Waals surface area contributed by atoms with Crippen LogP contribution in [0.5, 0.6) is 5.88 Å². The van der Waals surface area contributed by atoms with Gasteiger partial charge in [-0.1, -0.05) is 0 Å². The highest BCUT2D eigenvalue weighted by molar-refractivity contribution is 5.66. The number of nitrogens with two attached hydrogens (primary N) is 1. The minimum absolute atomic E-state index is 0.372. The van der Waals surface area contributed by atoms with E-state index in [1.807, 2.05) is 12.1 Å². The minimum atomic E-state index is 0.372. The maximum atomic E-state index is 6.03. The fraction of sp³-hybridized carbons (Fsp3) is 0.357. The Kier molecular flexibility index (Phi) is 5.28. The Bertz CT molecular complexity index is 577. The second-order valence-corrected chi connectivity index (χ2v) is 4.39. The van der Waals surface area contributed by atoms with Crippen LogP contribution in [-0.4, -0.2) is 35.3 Å². The van der Waals surface area contributed by atoms with E-state index in [9.17, 15) is 0 Å². The molecule has 0 spiro atoms. The van der Waals surface area contributed by atoms with Crippen LogP contribution in [0.2, 0.25) is 0 Å². The van der Waals surface area contributed by atoms with E-state index in [0.717, 1.165) is 5.56 Å². The summed E-state index contributed by atoms with van der Waals surface area (Å²) in [6.07, 6.45) is 3.48. The van der Waals surface area contributed by atoms with Crippen LogP contribution in [-0.2, 0) is 11.3 Å². The first kappa shape index (κ1) is 15.0. The van der Waals surface area contributed by atoms with E-state index in [1.165, 1.54) is 0 Å². The van der Waals surface area contributed by atoms with E-state index >= 15 is 0 Å². The SMILES string of the molecule is COCCOc1nc(C)nc(NCc2ccncc2)c1N. The van der Waals surface area contributed by atoms with Gasteiger partial charge in [-0.2, -0.15) is 4.98 Å². The molecule has 0 aliphatic carbocycles. The average Bonchev–Trinajstić information content (AvgIpc) is 2.50. The Morgan fingerprint density at radius 2 is 1.95 bits per heavy atom. The van der Waals surface area contributed by atoms with Crippen molar-refractivity contribution in [2.24, 2.45) is 0 Å². The van der Waals surface area contributed by atoms with Crippen molar-refractivity contribution in [3.63, 3.8) is 0 Å². The van der Waals surface area contributed by atoms with Crippen molar-refractivity contribution < 1.29 is 9.47 Å². The second-order valence-electron chi connectivity index (χ2n) is 4.39. The zero-order chi connectivity index (χ0) is 15.1. The molecule has 0 unspecified atom stereocenters. The zero-order valence-electron chi connectivity index (χ0n) is 12.2. The van der Waals surface area contributed by atoms with Gasteiger partial charge in [-0.05, 0) is 24.6 Å². The van der Waals surface area contributed by atoms with Crippen LogP contribution in [0, 0.1) is 6.92 Å². The molecule has 0 amide bonds. The van der Waals surface area contributed by atoms with Gasteiger partial charge in [0, 0.05) is 26.0 Å². The molecule has 7 nitrogen and oxygen atoms in total. The van der Waals surface area contributed by atoms with Crippen molar-refractivity contribution in [3.8, 4) is 5.88 Å². The van der Waals surface area contributed by atoms with E-state index in [4.69, 9.17) is 15.2 Å². The van der Waals surface area contributed by atoms with Gasteiger partial charge in [0.05, 0.1) is 6.61 Å². The summed E-state index contributed by atoms with van der Waals surface area (Å²) in [5.41, 5.74) is 7.51. The quantitative estimate of drug-likeness (QED) is 0.744. The van der Waals surface area contributed by atoms with Gasteiger partial charge in [-0.25, -0.2) is 4.98 Å². The summed E-state index contributed by atoms with van der Waals surface area (Å²) in [5, 5.41) is 3.19. The van der Waals surface area contributed by atoms with Gasteiger partial charge >= 0.3 is 0 Å². The predicted molar refractivity (Wildman–Crippen MR) is 80.1 cm³/mol. The van der Waals surface area contributed by atoms with Crippen molar-refractivity contribution in [1.29, 1.82) is 0 Å². The van der Waals surface area contributed by atoms with Crippen LogP contribution >= 0.6 is 0 Å². The molecule has 0 aliphatic rings. The molecule has 0 saturated heterocycles. The molecule has 2 rings (SSSR count). The number of aryl methyl sites for hydroxylation is 1. The van der Waals surface area contributed by atoms with Crippen LogP contribution in [0.1, 0.15) is 11.4 Å². The van der Waals surface area contributed by atoms with Crippen molar-refractivity contribution in [3.05, 3.63) is 35.9 Å². The van der Waals surface area contributed by atoms with E-state index in [2.05, 4.69) is 20.3 Å². The summed E-state index contributed by atoms with van der Waals surface area (Å²) < 4.78 is 10.4. The fourth-order valence-electron chi connectivity index (χ4n) is 1.71. The molecule has 0 radical (unpaired) electrons. The standard InChI is InChI=1S/C14H19N5O2/c1-10-18-13(17-9-11-3-5-16-6-4-11)12(15)14(19-10)21-8-7-20-2/h3-6H,7-9,15H2,1-2H3,(H,17,18,19). The highest BCUT2D eigenvalue weighted by Gasteiger charge is 2.11. The summed E-state index contributed by atoms with van der Waals surface area (Å²) in [5.74, 6) is 1.53. The zero-order valence-corrected chi connectivity index (χ0v) is 12.2. The molecule has 0 atom stereocenters. The average molecular weight is 289 g/mol. The number of anilines is 2. The summed E-state index contributed by atoms with van der Waals surface area (Å²) in [6.45, 7) is 3.25. The monoisotopic (exact) mass is 289 g/mol. The number of aromatic nitrogens is 3. The maximum Gasteiger partial charge on any atom is 0.242 e. The molecule has 0 aliphatic heterocycles. The lowest BCUT2D eigenvalue weighted by atomic mass is 10.2. The number of pyridine rings is 1. The van der Waals surface area contributed by atoms with Crippen molar-refractivity contribution in [1.82, 2.24) is 15.0 Å². The molecule has 0 fully saturated rings. The van der Waals surface area contributed by atoms with Crippen molar-refractivity contribution in [2.45, 2.75) is 13.5 Å². The molecule has 7 heteroatoms. The highest BCUT2D eigenvalue weighted by Crippen LogP contribution is 2.26. The molecule has 2 aromatic rings. The number of ether oxygens (including phenoxy) is 2. The molecule has 2 aromatic heterocycles. The van der Waals surface area contributed by atoms with E-state index in [-0.39, 0.29) is 0 Å². The van der Waals surface area contributed by atoms with E-state index < -0.39 is 0 Å². The van der Waals surface area contributed by atoms with E-state index in [0.29, 0.717) is 43.0 Å². The largest absolute Gasteiger partial charge is 0.474 e. The Balaban J connectivity index is 2.08. The Morgan fingerprint density at radius 3 is 2.67 bits per heavy atom. The smallest absolute Gasteiger partial charge is 0.242 e. The van der Waals surface area contributed by atoms with E-state index in [1.54, 1.807) is 26.4 Å². The third kappa shape index (κ3) is 4.28. The van der Waals surface area contributed by atoms with Crippen molar-refractivity contribution >= 4 is 11.5 Å². The molecule has 112 valence electrons. The topological polar surface area (TPSA) is 95.2 Å². The van der Waals surface area contributed by atoms with Gasteiger partial charge in [-0.3, -0.25) is 4.98 Å². The molecule has 0 bridgehead atoms. The molecule has 21 heavy (non-hydrogen) atoms. The first-order valence-corrected chi connectivity index (χ1v) is 6.59. The maximum absolute atomic E-state index is 6.03. The lowest BCUT2D eigenvalue weighted by Crippen LogP contribution is -2.12. The van der Waals surface area contributed by atoms with Crippen LogP contribution in [0.25, 0.3) is 0 Å². The van der Waals surface area contributed by atoms with Gasteiger partial charge in [0.1, 0.15) is 18.1 Å². The van der Waals surface area contributed by atoms with Gasteiger partial charge < -0.3 is 20.5 Å². The van der Waals surface area contributed by atoms with Gasteiger partial charge in [-0.15, -0.1) is 0 Å². The summed E-state index contributed by atoms with van der Waals surface area (Å²) >= 11 is 0. The van der Waals surface area contributed by atoms with Crippen LogP contribution in [0.4, 0.5) is 11.5 Å². The third-order valence-corrected chi connectivity index (χ3v) is 2.76. The first-order valence-electron chi connectivity index (χ1n) is 6.59.